The van der Waals surface area contributed by atoms with Crippen LogP contribution >= 0.6 is 11.8 Å². The minimum absolute atomic E-state index is 0.132. The van der Waals surface area contributed by atoms with E-state index in [0.29, 0.717) is 28.5 Å². The van der Waals surface area contributed by atoms with Gasteiger partial charge in [-0.1, -0.05) is 30.8 Å². The Hall–Kier alpha value is -2.80. The van der Waals surface area contributed by atoms with Crippen LogP contribution in [0.4, 0.5) is 0 Å². The molecule has 0 saturated carbocycles. The van der Waals surface area contributed by atoms with Crippen molar-refractivity contribution in [2.24, 2.45) is 4.99 Å². The standard InChI is InChI=1S/C20H21N3O3S/c1-5-13(2)6-7-21-18-11-17-19(27-18)20(24)23(12-22-17)14-8-15(25-3)10-16(9-14)26-4/h6-10,12H,2,5,11H2,1,3-4H3/b7-6-,21-18+. The van der Waals surface area contributed by atoms with Crippen LogP contribution in [0.15, 0.2) is 63.6 Å². The summed E-state index contributed by atoms with van der Waals surface area (Å²) in [5, 5.41) is 0.843. The number of aliphatic imine (C=N–C) groups is 1. The van der Waals surface area contributed by atoms with E-state index in [0.717, 1.165) is 22.7 Å². The smallest absolute Gasteiger partial charge is 0.272 e. The zero-order valence-corrected chi connectivity index (χ0v) is 16.4. The lowest BCUT2D eigenvalue weighted by Crippen LogP contribution is -2.21. The number of ether oxygens (including phenoxy) is 2. The first-order valence-electron chi connectivity index (χ1n) is 8.48. The molecule has 0 spiro atoms. The van der Waals surface area contributed by atoms with E-state index in [1.165, 1.54) is 22.7 Å². The molecule has 140 valence electrons. The highest BCUT2D eigenvalue weighted by molar-refractivity contribution is 8.14. The van der Waals surface area contributed by atoms with Gasteiger partial charge in [0.1, 0.15) is 22.7 Å². The summed E-state index contributed by atoms with van der Waals surface area (Å²) < 4.78 is 12.1. The molecule has 1 aromatic carbocycles. The van der Waals surface area contributed by atoms with Gasteiger partial charge in [0.25, 0.3) is 5.56 Å². The Balaban J connectivity index is 1.94. The Morgan fingerprint density at radius 1 is 1.33 bits per heavy atom. The summed E-state index contributed by atoms with van der Waals surface area (Å²) in [6, 6.07) is 5.29. The highest BCUT2D eigenvalue weighted by Crippen LogP contribution is 2.30. The average molecular weight is 383 g/mol. The van der Waals surface area contributed by atoms with Crippen molar-refractivity contribution >= 4 is 16.8 Å². The first kappa shape index (κ1) is 19.0. The molecule has 1 aliphatic rings. The van der Waals surface area contributed by atoms with Gasteiger partial charge in [0.2, 0.25) is 0 Å². The van der Waals surface area contributed by atoms with Crippen LogP contribution in [-0.2, 0) is 6.42 Å². The van der Waals surface area contributed by atoms with E-state index >= 15 is 0 Å². The molecule has 0 unspecified atom stereocenters. The number of hydrogen-bond acceptors (Lipinski definition) is 6. The maximum atomic E-state index is 13.0. The third-order valence-corrected chi connectivity index (χ3v) is 5.24. The largest absolute Gasteiger partial charge is 0.497 e. The molecule has 3 rings (SSSR count). The molecular formula is C20H21N3O3S. The number of thioether (sulfide) groups is 1. The molecule has 7 heteroatoms. The molecule has 27 heavy (non-hydrogen) atoms. The third-order valence-electron chi connectivity index (χ3n) is 4.14. The van der Waals surface area contributed by atoms with E-state index in [2.05, 4.69) is 16.6 Å². The first-order chi connectivity index (χ1) is 13.0. The van der Waals surface area contributed by atoms with Gasteiger partial charge >= 0.3 is 0 Å². The summed E-state index contributed by atoms with van der Waals surface area (Å²) in [7, 11) is 3.14. The van der Waals surface area contributed by atoms with Gasteiger partial charge in [-0.15, -0.1) is 0 Å². The van der Waals surface area contributed by atoms with E-state index in [-0.39, 0.29) is 5.56 Å². The Morgan fingerprint density at radius 3 is 2.67 bits per heavy atom. The lowest BCUT2D eigenvalue weighted by molar-refractivity contribution is 0.394. The van der Waals surface area contributed by atoms with E-state index in [4.69, 9.17) is 9.47 Å². The summed E-state index contributed by atoms with van der Waals surface area (Å²) in [6.07, 6.45) is 6.58. The second kappa shape index (κ2) is 8.26. The molecule has 2 aromatic rings. The highest BCUT2D eigenvalue weighted by Gasteiger charge is 2.24. The number of benzene rings is 1. The molecule has 0 aliphatic carbocycles. The summed E-state index contributed by atoms with van der Waals surface area (Å²) in [6.45, 7) is 5.96. The summed E-state index contributed by atoms with van der Waals surface area (Å²) in [4.78, 5) is 22.5. The van der Waals surface area contributed by atoms with Crippen molar-refractivity contribution in [3.05, 3.63) is 65.0 Å². The third kappa shape index (κ3) is 4.14. The van der Waals surface area contributed by atoms with Crippen LogP contribution in [0.2, 0.25) is 0 Å². The summed E-state index contributed by atoms with van der Waals surface area (Å²) >= 11 is 1.36. The first-order valence-corrected chi connectivity index (χ1v) is 9.30. The molecule has 0 amide bonds. The van der Waals surface area contributed by atoms with Gasteiger partial charge in [0, 0.05) is 30.8 Å². The monoisotopic (exact) mass is 383 g/mol. The zero-order valence-electron chi connectivity index (χ0n) is 15.6. The molecule has 2 heterocycles. The van der Waals surface area contributed by atoms with Crippen LogP contribution < -0.4 is 15.0 Å². The van der Waals surface area contributed by atoms with E-state index in [9.17, 15) is 4.79 Å². The van der Waals surface area contributed by atoms with Crippen molar-refractivity contribution in [1.82, 2.24) is 9.55 Å². The van der Waals surface area contributed by atoms with Gasteiger partial charge in [0.05, 0.1) is 30.6 Å². The maximum Gasteiger partial charge on any atom is 0.272 e. The van der Waals surface area contributed by atoms with E-state index in [1.54, 1.807) is 38.6 Å². The molecule has 0 saturated heterocycles. The molecule has 0 fully saturated rings. The number of rotatable bonds is 6. The van der Waals surface area contributed by atoms with Gasteiger partial charge in [-0.05, 0) is 12.5 Å². The molecule has 1 aromatic heterocycles. The molecule has 0 atom stereocenters. The molecule has 0 bridgehead atoms. The molecular weight excluding hydrogens is 362 g/mol. The minimum Gasteiger partial charge on any atom is -0.497 e. The Morgan fingerprint density at radius 2 is 2.04 bits per heavy atom. The van der Waals surface area contributed by atoms with Crippen LogP contribution in [-0.4, -0.2) is 28.8 Å². The number of hydrogen-bond donors (Lipinski definition) is 0. The molecule has 0 radical (unpaired) electrons. The number of fused-ring (bicyclic) bond motifs is 1. The molecule has 6 nitrogen and oxygen atoms in total. The quantitative estimate of drug-likeness (QED) is 0.711. The van der Waals surface area contributed by atoms with Crippen molar-refractivity contribution in [1.29, 1.82) is 0 Å². The summed E-state index contributed by atoms with van der Waals surface area (Å²) in [5.41, 5.74) is 2.26. The van der Waals surface area contributed by atoms with Gasteiger partial charge < -0.3 is 9.47 Å². The predicted octanol–water partition coefficient (Wildman–Crippen LogP) is 3.78. The molecule has 0 N–H and O–H groups in total. The topological polar surface area (TPSA) is 65.7 Å². The van der Waals surface area contributed by atoms with Crippen LogP contribution in [0, 0.1) is 0 Å². The van der Waals surface area contributed by atoms with E-state index in [1.807, 2.05) is 13.0 Å². The fourth-order valence-electron chi connectivity index (χ4n) is 2.53. The van der Waals surface area contributed by atoms with Crippen molar-refractivity contribution in [3.63, 3.8) is 0 Å². The lowest BCUT2D eigenvalue weighted by Gasteiger charge is -2.11. The van der Waals surface area contributed by atoms with Gasteiger partial charge in [0.15, 0.2) is 0 Å². The maximum absolute atomic E-state index is 13.0. The van der Waals surface area contributed by atoms with Crippen molar-refractivity contribution in [2.75, 3.05) is 14.2 Å². The van der Waals surface area contributed by atoms with Crippen molar-refractivity contribution in [2.45, 2.75) is 24.7 Å². The SMILES string of the molecule is C=C(/C=C\N=C1/Cc2ncn(-c3cc(OC)cc(OC)c3)c(=O)c2S1)CC. The number of nitrogens with zero attached hydrogens (tertiary/aromatic N) is 3. The van der Waals surface area contributed by atoms with Crippen LogP contribution in [0.5, 0.6) is 11.5 Å². The minimum atomic E-state index is -0.132. The highest BCUT2D eigenvalue weighted by atomic mass is 32.2. The Labute approximate surface area is 162 Å². The number of aromatic nitrogens is 2. The Bertz CT molecular complexity index is 970. The lowest BCUT2D eigenvalue weighted by atomic mass is 10.2. The second-order valence-electron chi connectivity index (χ2n) is 5.90. The fourth-order valence-corrected chi connectivity index (χ4v) is 3.51. The summed E-state index contributed by atoms with van der Waals surface area (Å²) in [5.74, 6) is 1.21. The van der Waals surface area contributed by atoms with Crippen molar-refractivity contribution in [3.8, 4) is 17.2 Å². The van der Waals surface area contributed by atoms with Crippen LogP contribution in [0.3, 0.4) is 0 Å². The normalized spacial score (nSPS) is 14.6. The predicted molar refractivity (Wildman–Crippen MR) is 109 cm³/mol. The molecule has 1 aliphatic heterocycles. The van der Waals surface area contributed by atoms with Gasteiger partial charge in [-0.2, -0.15) is 0 Å². The van der Waals surface area contributed by atoms with Crippen LogP contribution in [0.1, 0.15) is 19.0 Å². The Kier molecular flexibility index (Phi) is 5.81. The average Bonchev–Trinajstić information content (AvgIpc) is 3.11. The fraction of sp³-hybridized carbons (Fsp3) is 0.250. The number of methoxy groups -OCH3 is 2. The van der Waals surface area contributed by atoms with Crippen LogP contribution in [0.25, 0.3) is 5.69 Å². The zero-order chi connectivity index (χ0) is 19.4. The van der Waals surface area contributed by atoms with E-state index < -0.39 is 0 Å². The van der Waals surface area contributed by atoms with Crippen molar-refractivity contribution < 1.29 is 9.47 Å². The second-order valence-corrected chi connectivity index (χ2v) is 6.98. The van der Waals surface area contributed by atoms with Gasteiger partial charge in [-0.25, -0.2) is 4.98 Å². The van der Waals surface area contributed by atoms with Gasteiger partial charge in [-0.3, -0.25) is 14.4 Å². The number of allylic oxidation sites excluding steroid dienone is 2.